The summed E-state index contributed by atoms with van der Waals surface area (Å²) in [7, 11) is 0. The van der Waals surface area contributed by atoms with Crippen LogP contribution < -0.4 is 16.4 Å². The quantitative estimate of drug-likeness (QED) is 0.830. The molecule has 0 aromatic heterocycles. The molecule has 0 unspecified atom stereocenters. The fraction of sp³-hybridized carbons (Fsp3) is 0.417. The molecule has 18 heavy (non-hydrogen) atoms. The van der Waals surface area contributed by atoms with Gasteiger partial charge in [-0.25, -0.2) is 8.78 Å². The van der Waals surface area contributed by atoms with Crippen LogP contribution in [0.1, 0.15) is 19.4 Å². The summed E-state index contributed by atoms with van der Waals surface area (Å²) >= 11 is 0. The van der Waals surface area contributed by atoms with E-state index in [1.165, 1.54) is 17.0 Å². The molecule has 1 aromatic carbocycles. The van der Waals surface area contributed by atoms with E-state index in [1.807, 2.05) is 0 Å². The Labute approximate surface area is 105 Å². The number of nitrogens with two attached hydrogens (primary N) is 2. The van der Waals surface area contributed by atoms with Crippen molar-refractivity contribution >= 4 is 11.6 Å². The van der Waals surface area contributed by atoms with Crippen LogP contribution in [0.4, 0.5) is 14.5 Å². The van der Waals surface area contributed by atoms with Gasteiger partial charge in [0, 0.05) is 18.2 Å². The number of nitrogens with zero attached hydrogens (tertiary/aromatic N) is 1. The lowest BCUT2D eigenvalue weighted by Gasteiger charge is -2.28. The highest BCUT2D eigenvalue weighted by Gasteiger charge is 2.20. The zero-order valence-electron chi connectivity index (χ0n) is 10.4. The second kappa shape index (κ2) is 5.77. The van der Waals surface area contributed by atoms with Crippen LogP contribution in [0.15, 0.2) is 12.1 Å². The van der Waals surface area contributed by atoms with Crippen LogP contribution in [0.5, 0.6) is 0 Å². The molecule has 0 spiro atoms. The summed E-state index contributed by atoms with van der Waals surface area (Å²) in [5.74, 6) is -2.59. The molecular weight excluding hydrogens is 240 g/mol. The number of amides is 1. The first-order valence-corrected chi connectivity index (χ1v) is 5.60. The number of benzene rings is 1. The molecule has 0 aliphatic rings. The molecule has 6 heteroatoms. The summed E-state index contributed by atoms with van der Waals surface area (Å²) < 4.78 is 27.5. The Morgan fingerprint density at radius 3 is 2.39 bits per heavy atom. The molecule has 0 radical (unpaired) electrons. The zero-order chi connectivity index (χ0) is 13.9. The summed E-state index contributed by atoms with van der Waals surface area (Å²) in [5, 5.41) is 0. The predicted octanol–water partition coefficient (Wildman–Crippen LogP) is 1.12. The summed E-state index contributed by atoms with van der Waals surface area (Å²) in [5.41, 5.74) is 10.5. The first kappa shape index (κ1) is 14.4. The van der Waals surface area contributed by atoms with Gasteiger partial charge in [-0.3, -0.25) is 4.79 Å². The molecule has 4 N–H and O–H groups in total. The molecule has 0 atom stereocenters. The molecule has 0 aliphatic heterocycles. The van der Waals surface area contributed by atoms with Gasteiger partial charge in [-0.1, -0.05) is 6.07 Å². The molecule has 0 saturated carbocycles. The molecule has 0 saturated heterocycles. The van der Waals surface area contributed by atoms with Gasteiger partial charge in [0.2, 0.25) is 5.91 Å². The lowest BCUT2D eigenvalue weighted by Crippen LogP contribution is -2.39. The SMILES string of the molecule is CC(C)N(CC(N)=O)c1ccc(CN)c(F)c1F. The van der Waals surface area contributed by atoms with Crippen LogP contribution in [0.3, 0.4) is 0 Å². The normalized spacial score (nSPS) is 10.8. The van der Waals surface area contributed by atoms with Crippen molar-refractivity contribution in [2.75, 3.05) is 11.4 Å². The maximum atomic E-state index is 13.9. The van der Waals surface area contributed by atoms with Crippen LogP contribution in [0.25, 0.3) is 0 Å². The number of anilines is 1. The van der Waals surface area contributed by atoms with Crippen LogP contribution in [-0.4, -0.2) is 18.5 Å². The fourth-order valence-electron chi connectivity index (χ4n) is 1.67. The molecule has 100 valence electrons. The summed E-state index contributed by atoms with van der Waals surface area (Å²) in [4.78, 5) is 12.4. The maximum absolute atomic E-state index is 13.9. The Hall–Kier alpha value is -1.69. The summed E-state index contributed by atoms with van der Waals surface area (Å²) in [6.45, 7) is 3.27. The predicted molar refractivity (Wildman–Crippen MR) is 65.9 cm³/mol. The van der Waals surface area contributed by atoms with Gasteiger partial charge in [-0.2, -0.15) is 0 Å². The first-order chi connectivity index (χ1) is 8.38. The minimum absolute atomic E-state index is 0.0125. The van der Waals surface area contributed by atoms with Crippen LogP contribution in [0.2, 0.25) is 0 Å². The Balaban J connectivity index is 3.21. The standard InChI is InChI=1S/C12H17F2N3O/c1-7(2)17(6-10(16)18)9-4-3-8(5-15)11(13)12(9)14/h3-4,7H,5-6,15H2,1-2H3,(H2,16,18). The Morgan fingerprint density at radius 2 is 1.94 bits per heavy atom. The van der Waals surface area contributed by atoms with Gasteiger partial charge < -0.3 is 16.4 Å². The average molecular weight is 257 g/mol. The number of carbonyl (C=O) groups is 1. The third-order valence-electron chi connectivity index (χ3n) is 2.62. The fourth-order valence-corrected chi connectivity index (χ4v) is 1.67. The monoisotopic (exact) mass is 257 g/mol. The lowest BCUT2D eigenvalue weighted by molar-refractivity contribution is -0.116. The zero-order valence-corrected chi connectivity index (χ0v) is 10.4. The largest absolute Gasteiger partial charge is 0.368 e. The van der Waals surface area contributed by atoms with Gasteiger partial charge in [-0.05, 0) is 19.9 Å². The maximum Gasteiger partial charge on any atom is 0.236 e. The second-order valence-electron chi connectivity index (χ2n) is 4.26. The highest BCUT2D eigenvalue weighted by molar-refractivity contribution is 5.79. The third-order valence-corrected chi connectivity index (χ3v) is 2.62. The molecule has 0 heterocycles. The molecule has 1 aromatic rings. The van der Waals surface area contributed by atoms with E-state index in [0.29, 0.717) is 0 Å². The molecular formula is C12H17F2N3O. The number of rotatable bonds is 5. The van der Waals surface area contributed by atoms with E-state index < -0.39 is 17.5 Å². The van der Waals surface area contributed by atoms with Crippen molar-refractivity contribution in [3.63, 3.8) is 0 Å². The van der Waals surface area contributed by atoms with Crippen molar-refractivity contribution < 1.29 is 13.6 Å². The van der Waals surface area contributed by atoms with Crippen molar-refractivity contribution in [3.05, 3.63) is 29.3 Å². The highest BCUT2D eigenvalue weighted by Crippen LogP contribution is 2.25. The molecule has 4 nitrogen and oxygen atoms in total. The smallest absolute Gasteiger partial charge is 0.236 e. The number of hydrogen-bond acceptors (Lipinski definition) is 3. The van der Waals surface area contributed by atoms with Gasteiger partial charge in [-0.15, -0.1) is 0 Å². The van der Waals surface area contributed by atoms with E-state index in [4.69, 9.17) is 11.5 Å². The van der Waals surface area contributed by atoms with Crippen molar-refractivity contribution in [3.8, 4) is 0 Å². The van der Waals surface area contributed by atoms with E-state index in [-0.39, 0.29) is 30.4 Å². The van der Waals surface area contributed by atoms with Crippen molar-refractivity contribution in [2.45, 2.75) is 26.4 Å². The van der Waals surface area contributed by atoms with E-state index in [9.17, 15) is 13.6 Å². The summed E-state index contributed by atoms with van der Waals surface area (Å²) in [6.07, 6.45) is 0. The Morgan fingerprint density at radius 1 is 1.33 bits per heavy atom. The van der Waals surface area contributed by atoms with Gasteiger partial charge in [0.25, 0.3) is 0 Å². The van der Waals surface area contributed by atoms with Crippen LogP contribution >= 0.6 is 0 Å². The van der Waals surface area contributed by atoms with Crippen molar-refractivity contribution in [1.29, 1.82) is 0 Å². The van der Waals surface area contributed by atoms with Gasteiger partial charge >= 0.3 is 0 Å². The molecule has 0 bridgehead atoms. The summed E-state index contributed by atoms with van der Waals surface area (Å²) in [6, 6.07) is 2.63. The number of primary amides is 1. The third kappa shape index (κ3) is 2.95. The van der Waals surface area contributed by atoms with Gasteiger partial charge in [0.05, 0.1) is 12.2 Å². The lowest BCUT2D eigenvalue weighted by atomic mass is 10.1. The van der Waals surface area contributed by atoms with E-state index in [0.717, 1.165) is 0 Å². The van der Waals surface area contributed by atoms with E-state index in [1.54, 1.807) is 13.8 Å². The number of hydrogen-bond donors (Lipinski definition) is 2. The van der Waals surface area contributed by atoms with Gasteiger partial charge in [0.1, 0.15) is 0 Å². The minimum Gasteiger partial charge on any atom is -0.368 e. The number of halogens is 2. The minimum atomic E-state index is -1.01. The topological polar surface area (TPSA) is 72.3 Å². The van der Waals surface area contributed by atoms with E-state index >= 15 is 0 Å². The second-order valence-corrected chi connectivity index (χ2v) is 4.26. The van der Waals surface area contributed by atoms with Crippen LogP contribution in [-0.2, 0) is 11.3 Å². The first-order valence-electron chi connectivity index (χ1n) is 5.60. The average Bonchev–Trinajstić information content (AvgIpc) is 2.29. The Bertz CT molecular complexity index is 449. The van der Waals surface area contributed by atoms with Crippen LogP contribution in [0, 0.1) is 11.6 Å². The molecule has 0 fully saturated rings. The molecule has 0 aliphatic carbocycles. The van der Waals surface area contributed by atoms with Gasteiger partial charge in [0.15, 0.2) is 11.6 Å². The van der Waals surface area contributed by atoms with E-state index in [2.05, 4.69) is 0 Å². The number of carbonyl (C=O) groups excluding carboxylic acids is 1. The van der Waals surface area contributed by atoms with Crippen molar-refractivity contribution in [1.82, 2.24) is 0 Å². The highest BCUT2D eigenvalue weighted by atomic mass is 19.2. The Kier molecular flexibility index (Phi) is 4.61. The molecule has 1 amide bonds. The molecule has 1 rings (SSSR count). The van der Waals surface area contributed by atoms with Crippen molar-refractivity contribution in [2.24, 2.45) is 11.5 Å².